The number of aromatic nitrogens is 2. The van der Waals surface area contributed by atoms with Gasteiger partial charge in [-0.2, -0.15) is 0 Å². The zero-order valence-electron chi connectivity index (χ0n) is 13.8. The number of hydrogen-bond donors (Lipinski definition) is 1. The molecular formula is C19H18F2N2OS. The molecule has 1 fully saturated rings. The van der Waals surface area contributed by atoms with Gasteiger partial charge in [0.1, 0.15) is 10.7 Å². The number of halogens is 2. The summed E-state index contributed by atoms with van der Waals surface area (Å²) in [6.45, 7) is 1.91. The van der Waals surface area contributed by atoms with E-state index in [9.17, 15) is 13.6 Å². The van der Waals surface area contributed by atoms with Gasteiger partial charge in [0.25, 0.3) is 5.56 Å². The summed E-state index contributed by atoms with van der Waals surface area (Å²) in [4.78, 5) is 21.6. The molecule has 130 valence electrons. The average Bonchev–Trinajstić information content (AvgIpc) is 2.92. The van der Waals surface area contributed by atoms with Crippen LogP contribution >= 0.6 is 11.3 Å². The molecule has 2 aromatic heterocycles. The van der Waals surface area contributed by atoms with E-state index in [4.69, 9.17) is 0 Å². The molecule has 0 spiro atoms. The van der Waals surface area contributed by atoms with Gasteiger partial charge in [-0.3, -0.25) is 4.79 Å². The number of fused-ring (bicyclic) bond motifs is 1. The van der Waals surface area contributed by atoms with Gasteiger partial charge >= 0.3 is 0 Å². The zero-order valence-corrected chi connectivity index (χ0v) is 14.6. The van der Waals surface area contributed by atoms with E-state index in [-0.39, 0.29) is 24.3 Å². The number of hydrogen-bond acceptors (Lipinski definition) is 3. The Bertz CT molecular complexity index is 978. The third-order valence-corrected chi connectivity index (χ3v) is 6.12. The van der Waals surface area contributed by atoms with Crippen molar-refractivity contribution in [1.29, 1.82) is 0 Å². The van der Waals surface area contributed by atoms with E-state index in [1.165, 1.54) is 11.3 Å². The normalized spacial score (nSPS) is 20.0. The summed E-state index contributed by atoms with van der Waals surface area (Å²) in [7, 11) is 0. The Morgan fingerprint density at radius 2 is 2.04 bits per heavy atom. The van der Waals surface area contributed by atoms with Crippen molar-refractivity contribution in [3.63, 3.8) is 0 Å². The number of alkyl halides is 2. The first-order chi connectivity index (χ1) is 11.9. The molecule has 3 nitrogen and oxygen atoms in total. The SMILES string of the molecule is Cc1c(-c2ccccc2)sc2nc([C@@H]3CCCC(F)(F)C3)[nH]c(=O)c12. The lowest BCUT2D eigenvalue weighted by Gasteiger charge is -2.28. The second kappa shape index (κ2) is 6.02. The molecule has 2 heterocycles. The number of aromatic amines is 1. The van der Waals surface area contributed by atoms with E-state index in [1.54, 1.807) is 0 Å². The van der Waals surface area contributed by atoms with Gasteiger partial charge in [-0.25, -0.2) is 13.8 Å². The first-order valence-electron chi connectivity index (χ1n) is 8.41. The maximum absolute atomic E-state index is 13.7. The Labute approximate surface area is 147 Å². The maximum Gasteiger partial charge on any atom is 0.259 e. The van der Waals surface area contributed by atoms with Crippen LogP contribution < -0.4 is 5.56 Å². The largest absolute Gasteiger partial charge is 0.310 e. The number of nitrogens with zero attached hydrogens (tertiary/aromatic N) is 1. The predicted octanol–water partition coefficient (Wildman–Crippen LogP) is 5.25. The van der Waals surface area contributed by atoms with Crippen molar-refractivity contribution >= 4 is 21.6 Å². The first kappa shape index (κ1) is 16.4. The summed E-state index contributed by atoms with van der Waals surface area (Å²) in [6.07, 6.45) is 0.779. The lowest BCUT2D eigenvalue weighted by atomic mass is 9.86. The van der Waals surface area contributed by atoms with E-state index in [0.717, 1.165) is 16.0 Å². The van der Waals surface area contributed by atoms with Crippen molar-refractivity contribution in [2.45, 2.75) is 44.4 Å². The highest BCUT2D eigenvalue weighted by Crippen LogP contribution is 2.41. The average molecular weight is 360 g/mol. The van der Waals surface area contributed by atoms with Crippen molar-refractivity contribution in [3.05, 3.63) is 52.1 Å². The Morgan fingerprint density at radius 3 is 2.76 bits per heavy atom. The highest BCUT2D eigenvalue weighted by Gasteiger charge is 2.38. The summed E-state index contributed by atoms with van der Waals surface area (Å²) < 4.78 is 27.5. The summed E-state index contributed by atoms with van der Waals surface area (Å²) in [6, 6.07) is 9.83. The molecule has 0 saturated heterocycles. The molecule has 6 heteroatoms. The van der Waals surface area contributed by atoms with Crippen LogP contribution in [0.25, 0.3) is 20.7 Å². The summed E-state index contributed by atoms with van der Waals surface area (Å²) in [5.74, 6) is -2.65. The molecule has 0 bridgehead atoms. The molecule has 3 aromatic rings. The molecule has 0 aliphatic heterocycles. The van der Waals surface area contributed by atoms with Crippen LogP contribution in [-0.2, 0) is 0 Å². The van der Waals surface area contributed by atoms with Crippen LogP contribution in [0.1, 0.15) is 43.0 Å². The summed E-state index contributed by atoms with van der Waals surface area (Å²) in [5, 5.41) is 0.565. The lowest BCUT2D eigenvalue weighted by molar-refractivity contribution is -0.0417. The van der Waals surface area contributed by atoms with Gasteiger partial charge in [0.05, 0.1) is 5.39 Å². The fourth-order valence-corrected chi connectivity index (χ4v) is 4.82. The van der Waals surface area contributed by atoms with Gasteiger partial charge in [-0.05, 0) is 30.9 Å². The second-order valence-corrected chi connectivity index (χ2v) is 7.70. The molecule has 1 aromatic carbocycles. The number of nitrogens with one attached hydrogen (secondary N) is 1. The molecular weight excluding hydrogens is 342 g/mol. The molecule has 1 N–H and O–H groups in total. The standard InChI is InChI=1S/C19H18F2N2OS/c1-11-14-17(24)22-16(13-8-5-9-19(20,21)10-13)23-18(14)25-15(11)12-6-3-2-4-7-12/h2-4,6-7,13H,5,8-10H2,1H3,(H,22,23,24)/t13-/m1/s1. The van der Waals surface area contributed by atoms with Crippen LogP contribution in [0.2, 0.25) is 0 Å². The third-order valence-electron chi connectivity index (χ3n) is 4.88. The zero-order chi connectivity index (χ0) is 17.6. The number of rotatable bonds is 2. The highest BCUT2D eigenvalue weighted by molar-refractivity contribution is 7.22. The summed E-state index contributed by atoms with van der Waals surface area (Å²) >= 11 is 1.45. The van der Waals surface area contributed by atoms with Gasteiger partial charge in [-0.15, -0.1) is 11.3 Å². The fourth-order valence-electron chi connectivity index (χ4n) is 3.62. The Kier molecular flexibility index (Phi) is 3.95. The van der Waals surface area contributed by atoms with Gasteiger partial charge in [0.15, 0.2) is 0 Å². The molecule has 1 atom stereocenters. The fraction of sp³-hybridized carbons (Fsp3) is 0.368. The van der Waals surface area contributed by atoms with Crippen molar-refractivity contribution in [3.8, 4) is 10.4 Å². The first-order valence-corrected chi connectivity index (χ1v) is 9.23. The minimum Gasteiger partial charge on any atom is -0.310 e. The highest BCUT2D eigenvalue weighted by atomic mass is 32.1. The van der Waals surface area contributed by atoms with Gasteiger partial charge in [-0.1, -0.05) is 30.3 Å². The van der Waals surface area contributed by atoms with E-state index < -0.39 is 5.92 Å². The van der Waals surface area contributed by atoms with Crippen LogP contribution in [0.3, 0.4) is 0 Å². The topological polar surface area (TPSA) is 45.8 Å². The molecule has 1 aliphatic rings. The molecule has 4 rings (SSSR count). The predicted molar refractivity (Wildman–Crippen MR) is 96.6 cm³/mol. The minimum atomic E-state index is -2.67. The minimum absolute atomic E-state index is 0.0771. The molecule has 1 saturated carbocycles. The Hall–Kier alpha value is -2.08. The second-order valence-electron chi connectivity index (χ2n) is 6.70. The Balaban J connectivity index is 1.82. The summed E-state index contributed by atoms with van der Waals surface area (Å²) in [5.41, 5.74) is 1.69. The molecule has 1 aliphatic carbocycles. The smallest absolute Gasteiger partial charge is 0.259 e. The Morgan fingerprint density at radius 1 is 1.28 bits per heavy atom. The number of H-pyrrole nitrogens is 1. The number of aryl methyl sites for hydroxylation is 1. The third kappa shape index (κ3) is 2.99. The molecule has 0 radical (unpaired) electrons. The van der Waals surface area contributed by atoms with Gasteiger partial charge < -0.3 is 4.98 Å². The lowest BCUT2D eigenvalue weighted by Crippen LogP contribution is -2.27. The van der Waals surface area contributed by atoms with E-state index in [1.807, 2.05) is 37.3 Å². The van der Waals surface area contributed by atoms with E-state index in [2.05, 4.69) is 9.97 Å². The molecule has 0 unspecified atom stereocenters. The van der Waals surface area contributed by atoms with Crippen molar-refractivity contribution in [1.82, 2.24) is 9.97 Å². The molecule has 0 amide bonds. The number of thiophene rings is 1. The van der Waals surface area contributed by atoms with Crippen molar-refractivity contribution in [2.24, 2.45) is 0 Å². The van der Waals surface area contributed by atoms with Gasteiger partial charge in [0.2, 0.25) is 5.92 Å². The van der Waals surface area contributed by atoms with Crippen LogP contribution in [-0.4, -0.2) is 15.9 Å². The monoisotopic (exact) mass is 360 g/mol. The van der Waals surface area contributed by atoms with E-state index >= 15 is 0 Å². The number of benzene rings is 1. The van der Waals surface area contributed by atoms with Crippen molar-refractivity contribution < 1.29 is 8.78 Å². The van der Waals surface area contributed by atoms with Gasteiger partial charge in [0, 0.05) is 23.6 Å². The quantitative estimate of drug-likeness (QED) is 0.678. The molecule has 25 heavy (non-hydrogen) atoms. The van der Waals surface area contributed by atoms with Crippen LogP contribution in [0.4, 0.5) is 8.78 Å². The van der Waals surface area contributed by atoms with E-state index in [0.29, 0.717) is 28.9 Å². The van der Waals surface area contributed by atoms with Crippen molar-refractivity contribution in [2.75, 3.05) is 0 Å². The van der Waals surface area contributed by atoms with Crippen LogP contribution in [0.5, 0.6) is 0 Å². The maximum atomic E-state index is 13.7. The van der Waals surface area contributed by atoms with Crippen LogP contribution in [0.15, 0.2) is 35.1 Å². The van der Waals surface area contributed by atoms with Crippen LogP contribution in [0, 0.1) is 6.92 Å².